The van der Waals surface area contributed by atoms with Gasteiger partial charge in [0.2, 0.25) is 5.91 Å². The number of hydrogen-bond acceptors (Lipinski definition) is 6. The Bertz CT molecular complexity index is 1220. The molecule has 172 valence electrons. The van der Waals surface area contributed by atoms with Gasteiger partial charge in [0, 0.05) is 12.1 Å². The van der Waals surface area contributed by atoms with E-state index in [0.717, 1.165) is 11.0 Å². The van der Waals surface area contributed by atoms with Crippen LogP contribution in [0.4, 0.5) is 16.2 Å². The lowest BCUT2D eigenvalue weighted by molar-refractivity contribution is -0.384. The number of methoxy groups -OCH3 is 1. The van der Waals surface area contributed by atoms with Gasteiger partial charge in [-0.2, -0.15) is 0 Å². The van der Waals surface area contributed by atoms with Crippen molar-refractivity contribution in [1.82, 2.24) is 10.2 Å². The summed E-state index contributed by atoms with van der Waals surface area (Å²) in [5.74, 6) is -1.14. The van der Waals surface area contributed by atoms with Gasteiger partial charge < -0.3 is 15.4 Å². The number of nitrogens with one attached hydrogen (secondary N) is 2. The fourth-order valence-electron chi connectivity index (χ4n) is 3.89. The van der Waals surface area contributed by atoms with Crippen molar-refractivity contribution in [2.75, 3.05) is 19.0 Å². The van der Waals surface area contributed by atoms with E-state index >= 15 is 0 Å². The van der Waals surface area contributed by atoms with Crippen LogP contribution >= 0.6 is 0 Å². The van der Waals surface area contributed by atoms with Gasteiger partial charge in [-0.3, -0.25) is 24.6 Å². The van der Waals surface area contributed by atoms with Gasteiger partial charge in [0.1, 0.15) is 12.3 Å². The first-order valence-electron chi connectivity index (χ1n) is 10.2. The van der Waals surface area contributed by atoms with Crippen molar-refractivity contribution >= 4 is 29.2 Å². The lowest BCUT2D eigenvalue weighted by atomic mass is 9.82. The number of benzene rings is 3. The molecule has 0 unspecified atom stereocenters. The van der Waals surface area contributed by atoms with Crippen LogP contribution in [0.25, 0.3) is 0 Å². The fourth-order valence-corrected chi connectivity index (χ4v) is 3.89. The van der Waals surface area contributed by atoms with Crippen molar-refractivity contribution in [3.8, 4) is 5.75 Å². The van der Waals surface area contributed by atoms with Gasteiger partial charge in [0.25, 0.3) is 11.6 Å². The molecule has 0 aromatic heterocycles. The number of carbonyl (C=O) groups is 3. The minimum Gasteiger partial charge on any atom is -0.495 e. The third kappa shape index (κ3) is 3.92. The van der Waals surface area contributed by atoms with Gasteiger partial charge in [0.15, 0.2) is 5.54 Å². The van der Waals surface area contributed by atoms with Gasteiger partial charge >= 0.3 is 6.03 Å². The van der Waals surface area contributed by atoms with E-state index in [1.54, 1.807) is 60.7 Å². The van der Waals surface area contributed by atoms with E-state index in [2.05, 4.69) is 10.6 Å². The molecule has 10 heteroatoms. The minimum absolute atomic E-state index is 0.0473. The number of carbonyl (C=O) groups excluding carboxylic acids is 3. The zero-order valence-electron chi connectivity index (χ0n) is 18.1. The van der Waals surface area contributed by atoms with E-state index in [0.29, 0.717) is 11.1 Å². The standard InChI is InChI=1S/C24H20N4O6/c1-34-20-13-12-18(28(32)33)14-19(20)25-21(29)15-27-22(30)24(26-23(27)31,16-8-4-2-5-9-16)17-10-6-3-7-11-17/h2-14H,15H2,1H3,(H,25,29)(H,26,31). The normalized spacial score (nSPS) is 14.4. The van der Waals surface area contributed by atoms with E-state index in [9.17, 15) is 24.5 Å². The molecule has 2 N–H and O–H groups in total. The summed E-state index contributed by atoms with van der Waals surface area (Å²) in [5, 5.41) is 16.3. The number of hydrogen-bond donors (Lipinski definition) is 2. The molecule has 0 atom stereocenters. The van der Waals surface area contributed by atoms with Crippen LogP contribution < -0.4 is 15.4 Å². The van der Waals surface area contributed by atoms with Gasteiger partial charge in [-0.1, -0.05) is 60.7 Å². The monoisotopic (exact) mass is 460 g/mol. The second-order valence-electron chi connectivity index (χ2n) is 7.49. The van der Waals surface area contributed by atoms with Crippen LogP contribution in [-0.4, -0.2) is 41.3 Å². The van der Waals surface area contributed by atoms with E-state index in [1.165, 1.54) is 19.2 Å². The maximum absolute atomic E-state index is 13.6. The first-order chi connectivity index (χ1) is 16.4. The Morgan fingerprint density at radius 1 is 1.03 bits per heavy atom. The lowest BCUT2D eigenvalue weighted by Crippen LogP contribution is -2.45. The molecule has 0 radical (unpaired) electrons. The summed E-state index contributed by atoms with van der Waals surface area (Å²) in [5.41, 5.74) is -0.613. The van der Waals surface area contributed by atoms with Crippen molar-refractivity contribution < 1.29 is 24.0 Å². The van der Waals surface area contributed by atoms with Gasteiger partial charge in [-0.15, -0.1) is 0 Å². The number of amides is 4. The minimum atomic E-state index is -1.50. The smallest absolute Gasteiger partial charge is 0.326 e. The van der Waals surface area contributed by atoms with Crippen LogP contribution in [0, 0.1) is 10.1 Å². The van der Waals surface area contributed by atoms with E-state index in [1.807, 2.05) is 0 Å². The summed E-state index contributed by atoms with van der Waals surface area (Å²) in [6.07, 6.45) is 0. The Balaban J connectivity index is 1.64. The van der Waals surface area contributed by atoms with E-state index in [4.69, 9.17) is 4.74 Å². The molecule has 1 fully saturated rings. The zero-order valence-corrected chi connectivity index (χ0v) is 18.1. The molecule has 4 rings (SSSR count). The number of anilines is 1. The van der Waals surface area contributed by atoms with Crippen molar-refractivity contribution in [2.45, 2.75) is 5.54 Å². The first-order valence-corrected chi connectivity index (χ1v) is 10.2. The molecule has 34 heavy (non-hydrogen) atoms. The molecule has 1 aliphatic rings. The average molecular weight is 460 g/mol. The molecule has 1 saturated heterocycles. The average Bonchev–Trinajstić information content (AvgIpc) is 3.10. The Morgan fingerprint density at radius 3 is 2.15 bits per heavy atom. The molecule has 0 aliphatic carbocycles. The molecule has 0 saturated carbocycles. The summed E-state index contributed by atoms with van der Waals surface area (Å²) in [6, 6.07) is 20.5. The number of nitro groups is 1. The predicted molar refractivity (Wildman–Crippen MR) is 122 cm³/mol. The second kappa shape index (κ2) is 9.02. The molecular formula is C24H20N4O6. The molecule has 10 nitrogen and oxygen atoms in total. The maximum Gasteiger partial charge on any atom is 0.326 e. The number of non-ortho nitro benzene ring substituents is 1. The molecular weight excluding hydrogens is 440 g/mol. The lowest BCUT2D eigenvalue weighted by Gasteiger charge is -2.28. The maximum atomic E-state index is 13.6. The van der Waals surface area contributed by atoms with Gasteiger partial charge in [0.05, 0.1) is 17.7 Å². The summed E-state index contributed by atoms with van der Waals surface area (Å²) in [7, 11) is 1.35. The number of imide groups is 1. The fraction of sp³-hybridized carbons (Fsp3) is 0.125. The van der Waals surface area contributed by atoms with Crippen molar-refractivity contribution in [3.63, 3.8) is 0 Å². The van der Waals surface area contributed by atoms with E-state index in [-0.39, 0.29) is 17.1 Å². The van der Waals surface area contributed by atoms with Crippen LogP contribution in [0.15, 0.2) is 78.9 Å². The molecule has 0 bridgehead atoms. The largest absolute Gasteiger partial charge is 0.495 e. The first kappa shape index (κ1) is 22.5. The molecule has 3 aromatic carbocycles. The van der Waals surface area contributed by atoms with Crippen molar-refractivity contribution in [1.29, 1.82) is 0 Å². The molecule has 0 spiro atoms. The Kier molecular flexibility index (Phi) is 5.96. The number of urea groups is 1. The Morgan fingerprint density at radius 2 is 1.62 bits per heavy atom. The summed E-state index contributed by atoms with van der Waals surface area (Å²) in [6.45, 7) is -0.599. The van der Waals surface area contributed by atoms with Crippen LogP contribution in [0.5, 0.6) is 5.75 Å². The number of rotatable bonds is 7. The summed E-state index contributed by atoms with van der Waals surface area (Å²) < 4.78 is 5.14. The van der Waals surface area contributed by atoms with Gasteiger partial charge in [-0.25, -0.2) is 4.79 Å². The van der Waals surface area contributed by atoms with Crippen LogP contribution in [0.3, 0.4) is 0 Å². The van der Waals surface area contributed by atoms with Gasteiger partial charge in [-0.05, 0) is 17.2 Å². The topological polar surface area (TPSA) is 131 Å². The third-order valence-corrected chi connectivity index (χ3v) is 5.49. The summed E-state index contributed by atoms with van der Waals surface area (Å²) in [4.78, 5) is 50.6. The van der Waals surface area contributed by atoms with Crippen molar-refractivity contribution in [2.24, 2.45) is 0 Å². The second-order valence-corrected chi connectivity index (χ2v) is 7.49. The predicted octanol–water partition coefficient (Wildman–Crippen LogP) is 3.04. The molecule has 4 amide bonds. The highest BCUT2D eigenvalue weighted by Crippen LogP contribution is 2.36. The highest BCUT2D eigenvalue weighted by Gasteiger charge is 2.54. The third-order valence-electron chi connectivity index (χ3n) is 5.49. The SMILES string of the molecule is COc1ccc([N+](=O)[O-])cc1NC(=O)CN1C(=O)NC(c2ccccc2)(c2ccccc2)C1=O. The molecule has 3 aromatic rings. The highest BCUT2D eigenvalue weighted by atomic mass is 16.6. The zero-order chi connectivity index (χ0) is 24.3. The summed E-state index contributed by atoms with van der Waals surface area (Å²) >= 11 is 0. The van der Waals surface area contributed by atoms with Crippen molar-refractivity contribution in [3.05, 3.63) is 100 Å². The Labute approximate surface area is 194 Å². The van der Waals surface area contributed by atoms with Crippen LogP contribution in [-0.2, 0) is 15.1 Å². The Hall–Kier alpha value is -4.73. The highest BCUT2D eigenvalue weighted by molar-refractivity contribution is 6.12. The number of nitrogens with zero attached hydrogens (tertiary/aromatic N) is 2. The van der Waals surface area contributed by atoms with E-state index < -0.39 is 34.9 Å². The van der Waals surface area contributed by atoms with Crippen LogP contribution in [0.2, 0.25) is 0 Å². The number of ether oxygens (including phenoxy) is 1. The van der Waals surface area contributed by atoms with Crippen LogP contribution in [0.1, 0.15) is 11.1 Å². The quantitative estimate of drug-likeness (QED) is 0.317. The molecule has 1 heterocycles. The number of nitro benzene ring substituents is 1. The molecule has 1 aliphatic heterocycles.